The minimum atomic E-state index is -4.49. The first-order valence-electron chi connectivity index (χ1n) is 12.3. The van der Waals surface area contributed by atoms with Crippen LogP contribution >= 0.6 is 0 Å². The van der Waals surface area contributed by atoms with Crippen LogP contribution in [0.2, 0.25) is 0 Å². The van der Waals surface area contributed by atoms with Gasteiger partial charge in [0.15, 0.2) is 11.5 Å². The van der Waals surface area contributed by atoms with Gasteiger partial charge in [-0.2, -0.15) is 18.2 Å². The van der Waals surface area contributed by atoms with Gasteiger partial charge in [0.05, 0.1) is 32.9 Å². The van der Waals surface area contributed by atoms with Crippen LogP contribution < -0.4 is 14.2 Å². The molecular weight excluding hydrogens is 527 g/mol. The molecule has 40 heavy (non-hydrogen) atoms. The first kappa shape index (κ1) is 28.5. The third kappa shape index (κ3) is 6.19. The van der Waals surface area contributed by atoms with Crippen LogP contribution in [-0.2, 0) is 12.6 Å². The van der Waals surface area contributed by atoms with Gasteiger partial charge in [0, 0.05) is 24.1 Å². The number of nitrogens with zero attached hydrogens (tertiary/aromatic N) is 3. The van der Waals surface area contributed by atoms with Crippen molar-refractivity contribution in [3.8, 4) is 28.6 Å². The second kappa shape index (κ2) is 12.1. The number of alkyl halides is 3. The predicted molar refractivity (Wildman–Crippen MR) is 140 cm³/mol. The van der Waals surface area contributed by atoms with Crippen molar-refractivity contribution < 1.29 is 36.7 Å². The van der Waals surface area contributed by atoms with Gasteiger partial charge < -0.3 is 23.6 Å². The summed E-state index contributed by atoms with van der Waals surface area (Å²) in [6.45, 7) is 2.03. The molecule has 3 aromatic carbocycles. The van der Waals surface area contributed by atoms with Crippen molar-refractivity contribution in [2.45, 2.75) is 25.6 Å². The molecule has 1 aromatic heterocycles. The molecule has 4 aromatic rings. The fraction of sp³-hybridized carbons (Fsp3) is 0.276. The molecule has 0 saturated carbocycles. The second-order valence-corrected chi connectivity index (χ2v) is 8.84. The van der Waals surface area contributed by atoms with E-state index in [1.165, 1.54) is 33.5 Å². The molecule has 11 heteroatoms. The molecule has 0 radical (unpaired) electrons. The summed E-state index contributed by atoms with van der Waals surface area (Å²) in [5.41, 5.74) is 0.752. The number of amides is 1. The van der Waals surface area contributed by atoms with Crippen molar-refractivity contribution in [3.05, 3.63) is 89.3 Å². The predicted octanol–water partition coefficient (Wildman–Crippen LogP) is 6.23. The molecule has 0 aliphatic heterocycles. The molecule has 0 saturated heterocycles. The minimum absolute atomic E-state index is 0.138. The van der Waals surface area contributed by atoms with E-state index >= 15 is 0 Å². The van der Waals surface area contributed by atoms with Gasteiger partial charge in [0.1, 0.15) is 0 Å². The first-order valence-corrected chi connectivity index (χ1v) is 12.3. The maximum Gasteiger partial charge on any atom is 0.416 e. The first-order chi connectivity index (χ1) is 19.2. The third-order valence-electron chi connectivity index (χ3n) is 6.43. The van der Waals surface area contributed by atoms with Crippen molar-refractivity contribution >= 4 is 5.91 Å². The number of hydrogen-bond donors (Lipinski definition) is 0. The number of carbonyl (C=O) groups is 1. The molecule has 1 unspecified atom stereocenters. The summed E-state index contributed by atoms with van der Waals surface area (Å²) in [7, 11) is 4.50. The molecule has 8 nitrogen and oxygen atoms in total. The Bertz CT molecular complexity index is 1410. The van der Waals surface area contributed by atoms with Crippen LogP contribution in [0.5, 0.6) is 17.2 Å². The summed E-state index contributed by atoms with van der Waals surface area (Å²) in [5, 5.41) is 4.06. The van der Waals surface area contributed by atoms with Crippen LogP contribution in [0, 0.1) is 0 Å². The quantitative estimate of drug-likeness (QED) is 0.229. The lowest BCUT2D eigenvalue weighted by molar-refractivity contribution is -0.137. The largest absolute Gasteiger partial charge is 0.493 e. The molecule has 1 amide bonds. The summed E-state index contributed by atoms with van der Waals surface area (Å²) in [6, 6.07) is 16.5. The summed E-state index contributed by atoms with van der Waals surface area (Å²) in [4.78, 5) is 19.5. The number of aromatic nitrogens is 2. The Balaban J connectivity index is 1.58. The zero-order chi connectivity index (χ0) is 28.9. The van der Waals surface area contributed by atoms with Gasteiger partial charge in [-0.3, -0.25) is 4.79 Å². The van der Waals surface area contributed by atoms with Crippen LogP contribution in [0.25, 0.3) is 11.4 Å². The van der Waals surface area contributed by atoms with Crippen molar-refractivity contribution in [2.24, 2.45) is 0 Å². The van der Waals surface area contributed by atoms with E-state index in [-0.39, 0.29) is 36.3 Å². The highest BCUT2D eigenvalue weighted by atomic mass is 19.4. The Hall–Kier alpha value is -4.54. The number of halogens is 3. The van der Waals surface area contributed by atoms with Gasteiger partial charge in [-0.25, -0.2) is 0 Å². The fourth-order valence-electron chi connectivity index (χ4n) is 4.25. The standard InChI is InChI=1S/C29H28F3N3O5/c1-18(19-8-6-5-7-9-19)35(28(36)20-10-12-22(13-11-20)29(30,31)32)15-14-25-33-27(34-40-25)21-16-23(37-2)26(39-4)24(17-21)38-3/h5-13,16-18H,14-15H2,1-4H3. The number of carbonyl (C=O) groups excluding carboxylic acids is 1. The average Bonchev–Trinajstić information content (AvgIpc) is 3.45. The third-order valence-corrected chi connectivity index (χ3v) is 6.43. The summed E-state index contributed by atoms with van der Waals surface area (Å²) < 4.78 is 60.7. The molecule has 0 fully saturated rings. The molecule has 210 valence electrons. The van der Waals surface area contributed by atoms with E-state index < -0.39 is 17.6 Å². The van der Waals surface area contributed by atoms with Crippen LogP contribution in [0.3, 0.4) is 0 Å². The molecule has 0 spiro atoms. The Morgan fingerprint density at radius 2 is 1.57 bits per heavy atom. The zero-order valence-corrected chi connectivity index (χ0v) is 22.4. The molecule has 1 heterocycles. The van der Waals surface area contributed by atoms with Crippen molar-refractivity contribution in [1.29, 1.82) is 0 Å². The van der Waals surface area contributed by atoms with E-state index in [0.717, 1.165) is 17.7 Å². The average molecular weight is 556 g/mol. The lowest BCUT2D eigenvalue weighted by Gasteiger charge is -2.29. The molecule has 1 atom stereocenters. The molecule has 0 aliphatic rings. The zero-order valence-electron chi connectivity index (χ0n) is 22.4. The molecular formula is C29H28F3N3O5. The van der Waals surface area contributed by atoms with Gasteiger partial charge in [-0.15, -0.1) is 0 Å². The number of methoxy groups -OCH3 is 3. The number of benzene rings is 3. The van der Waals surface area contributed by atoms with Crippen molar-refractivity contribution in [2.75, 3.05) is 27.9 Å². The Kier molecular flexibility index (Phi) is 8.61. The normalized spacial score (nSPS) is 12.1. The van der Waals surface area contributed by atoms with E-state index in [2.05, 4.69) is 10.1 Å². The van der Waals surface area contributed by atoms with E-state index in [9.17, 15) is 18.0 Å². The van der Waals surface area contributed by atoms with Gasteiger partial charge in [0.2, 0.25) is 17.5 Å². The summed E-state index contributed by atoms with van der Waals surface area (Å²) in [5.74, 6) is 1.40. The van der Waals surface area contributed by atoms with Gasteiger partial charge in [0.25, 0.3) is 5.91 Å². The maximum absolute atomic E-state index is 13.5. The van der Waals surface area contributed by atoms with Crippen molar-refractivity contribution in [3.63, 3.8) is 0 Å². The smallest absolute Gasteiger partial charge is 0.416 e. The van der Waals surface area contributed by atoms with E-state index in [0.29, 0.717) is 22.8 Å². The van der Waals surface area contributed by atoms with Crippen LogP contribution in [0.4, 0.5) is 13.2 Å². The molecule has 0 aliphatic carbocycles. The maximum atomic E-state index is 13.5. The fourth-order valence-corrected chi connectivity index (χ4v) is 4.25. The Labute approximate surface area is 229 Å². The molecule has 0 N–H and O–H groups in total. The number of hydrogen-bond acceptors (Lipinski definition) is 7. The monoisotopic (exact) mass is 555 g/mol. The highest BCUT2D eigenvalue weighted by Crippen LogP contribution is 2.40. The Morgan fingerprint density at radius 1 is 0.950 bits per heavy atom. The lowest BCUT2D eigenvalue weighted by Crippen LogP contribution is -2.35. The SMILES string of the molecule is COc1cc(-c2noc(CCN(C(=O)c3ccc(C(F)(F)F)cc3)C(C)c3ccccc3)n2)cc(OC)c1OC. The molecule has 4 rings (SSSR count). The van der Waals surface area contributed by atoms with E-state index in [1.54, 1.807) is 17.0 Å². The van der Waals surface area contributed by atoms with Gasteiger partial charge >= 0.3 is 6.18 Å². The second-order valence-electron chi connectivity index (χ2n) is 8.84. The van der Waals surface area contributed by atoms with Crippen LogP contribution in [0.1, 0.15) is 40.3 Å². The van der Waals surface area contributed by atoms with Crippen LogP contribution in [0.15, 0.2) is 71.3 Å². The molecule has 0 bridgehead atoms. The topological polar surface area (TPSA) is 86.9 Å². The highest BCUT2D eigenvalue weighted by molar-refractivity contribution is 5.94. The summed E-state index contributed by atoms with van der Waals surface area (Å²) in [6.07, 6.45) is -4.28. The summed E-state index contributed by atoms with van der Waals surface area (Å²) >= 11 is 0. The van der Waals surface area contributed by atoms with E-state index in [1.807, 2.05) is 37.3 Å². The Morgan fingerprint density at radius 3 is 2.12 bits per heavy atom. The van der Waals surface area contributed by atoms with Crippen LogP contribution in [-0.4, -0.2) is 48.8 Å². The van der Waals surface area contributed by atoms with Gasteiger partial charge in [-0.05, 0) is 48.9 Å². The minimum Gasteiger partial charge on any atom is -0.493 e. The number of rotatable bonds is 10. The van der Waals surface area contributed by atoms with Crippen molar-refractivity contribution in [1.82, 2.24) is 15.0 Å². The van der Waals surface area contributed by atoms with Gasteiger partial charge in [-0.1, -0.05) is 35.5 Å². The lowest BCUT2D eigenvalue weighted by atomic mass is 10.0. The number of ether oxygens (including phenoxy) is 3. The highest BCUT2D eigenvalue weighted by Gasteiger charge is 2.31. The van der Waals surface area contributed by atoms with E-state index in [4.69, 9.17) is 18.7 Å².